The summed E-state index contributed by atoms with van der Waals surface area (Å²) in [5.74, 6) is 1.76. The van der Waals surface area contributed by atoms with E-state index in [1.807, 2.05) is 30.0 Å². The molecule has 7 heteroatoms. The van der Waals surface area contributed by atoms with Crippen LogP contribution >= 0.6 is 35.0 Å². The molecule has 4 nitrogen and oxygen atoms in total. The molecule has 1 aromatic rings. The van der Waals surface area contributed by atoms with Crippen LogP contribution in [0.15, 0.2) is 54.9 Å². The Labute approximate surface area is 201 Å². The molecule has 2 heterocycles. The van der Waals surface area contributed by atoms with Gasteiger partial charge in [-0.15, -0.1) is 11.8 Å². The number of thioether (sulfide) groups is 1. The number of nitrogens with one attached hydrogen (secondary N) is 2. The number of rotatable bonds is 10. The highest BCUT2D eigenvalue weighted by Crippen LogP contribution is 2.25. The summed E-state index contributed by atoms with van der Waals surface area (Å²) >= 11 is 14.2. The number of allylic oxidation sites excluding steroid dienone is 2. The quantitative estimate of drug-likeness (QED) is 0.421. The Morgan fingerprint density at radius 3 is 2.94 bits per heavy atom. The van der Waals surface area contributed by atoms with Gasteiger partial charge >= 0.3 is 0 Å². The molecule has 0 aliphatic carbocycles. The standard InChI is InChI=1S/C24H34Cl2N4S/c1-18(6-5-13-31-24-11-8-19(2)28-29(24)3)27-15-21-7-4-12-30(17-21)16-20-9-10-22(25)23(26)14-20/h8-11,14,21,24,27-28H,1-2,4-7,12-13,15-17H2,3H3. The summed E-state index contributed by atoms with van der Waals surface area (Å²) in [6.45, 7) is 12.3. The predicted molar refractivity (Wildman–Crippen MR) is 136 cm³/mol. The Hall–Kier alpha value is -1.11. The van der Waals surface area contributed by atoms with E-state index < -0.39 is 0 Å². The first kappa shape index (κ1) is 24.5. The maximum atomic E-state index is 6.17. The number of hydrogen-bond donors (Lipinski definition) is 2. The summed E-state index contributed by atoms with van der Waals surface area (Å²) in [4.78, 5) is 2.52. The zero-order chi connectivity index (χ0) is 22.2. The summed E-state index contributed by atoms with van der Waals surface area (Å²) in [6.07, 6.45) is 8.90. The van der Waals surface area contributed by atoms with Crippen LogP contribution in [0.5, 0.6) is 0 Å². The van der Waals surface area contributed by atoms with Gasteiger partial charge in [-0.25, -0.2) is 5.01 Å². The van der Waals surface area contributed by atoms with E-state index in [2.05, 4.69) is 53.0 Å². The van der Waals surface area contributed by atoms with Gasteiger partial charge in [-0.3, -0.25) is 4.90 Å². The molecule has 0 spiro atoms. The lowest BCUT2D eigenvalue weighted by molar-refractivity contribution is 0.167. The Balaban J connectivity index is 1.32. The van der Waals surface area contributed by atoms with Gasteiger partial charge in [0.15, 0.2) is 0 Å². The van der Waals surface area contributed by atoms with Gasteiger partial charge in [0.1, 0.15) is 0 Å². The van der Waals surface area contributed by atoms with Gasteiger partial charge < -0.3 is 10.7 Å². The van der Waals surface area contributed by atoms with Crippen molar-refractivity contribution in [2.75, 3.05) is 32.4 Å². The number of halogens is 2. The second-order valence-corrected chi connectivity index (χ2v) is 10.5. The molecule has 0 radical (unpaired) electrons. The number of piperidine rings is 1. The fourth-order valence-electron chi connectivity index (χ4n) is 4.05. The molecule has 0 bridgehead atoms. The molecule has 0 amide bonds. The van der Waals surface area contributed by atoms with E-state index in [4.69, 9.17) is 23.2 Å². The van der Waals surface area contributed by atoms with Crippen molar-refractivity contribution in [3.8, 4) is 0 Å². The third-order valence-electron chi connectivity index (χ3n) is 5.71. The maximum absolute atomic E-state index is 6.17. The molecule has 170 valence electrons. The van der Waals surface area contributed by atoms with E-state index in [1.54, 1.807) is 0 Å². The molecule has 2 aliphatic heterocycles. The highest BCUT2D eigenvalue weighted by atomic mass is 35.5. The van der Waals surface area contributed by atoms with E-state index in [-0.39, 0.29) is 0 Å². The number of likely N-dealkylation sites (tertiary alicyclic amines) is 1. The molecule has 1 aromatic carbocycles. The number of nitrogens with zero attached hydrogens (tertiary/aromatic N) is 2. The lowest BCUT2D eigenvalue weighted by Gasteiger charge is -2.33. The summed E-state index contributed by atoms with van der Waals surface area (Å²) < 4.78 is 0. The minimum Gasteiger partial charge on any atom is -0.388 e. The summed E-state index contributed by atoms with van der Waals surface area (Å²) in [7, 11) is 2.06. The monoisotopic (exact) mass is 480 g/mol. The molecule has 0 aromatic heterocycles. The van der Waals surface area contributed by atoms with Crippen LogP contribution in [0.3, 0.4) is 0 Å². The average Bonchev–Trinajstić information content (AvgIpc) is 2.74. The lowest BCUT2D eigenvalue weighted by atomic mass is 9.97. The molecule has 2 aliphatic rings. The molecule has 2 N–H and O–H groups in total. The van der Waals surface area contributed by atoms with Gasteiger partial charge in [-0.1, -0.05) is 48.5 Å². The Kier molecular flexibility index (Phi) is 9.67. The second-order valence-electron chi connectivity index (χ2n) is 8.45. The minimum absolute atomic E-state index is 0.357. The fraction of sp³-hybridized carbons (Fsp3) is 0.500. The van der Waals surface area contributed by atoms with Gasteiger partial charge in [0.25, 0.3) is 0 Å². The molecule has 3 rings (SSSR count). The highest BCUT2D eigenvalue weighted by Gasteiger charge is 2.20. The SMILES string of the molecule is C=C1C=CC(SCCCC(=C)NCC2CCCN(Cc3ccc(Cl)c(Cl)c3)C2)N(C)N1. The zero-order valence-electron chi connectivity index (χ0n) is 18.4. The first-order chi connectivity index (χ1) is 14.9. The Morgan fingerprint density at radius 1 is 1.32 bits per heavy atom. The van der Waals surface area contributed by atoms with Crippen molar-refractivity contribution >= 4 is 35.0 Å². The van der Waals surface area contributed by atoms with E-state index in [9.17, 15) is 0 Å². The van der Waals surface area contributed by atoms with E-state index in [0.717, 1.165) is 56.2 Å². The van der Waals surface area contributed by atoms with Gasteiger partial charge in [0.2, 0.25) is 0 Å². The van der Waals surface area contributed by atoms with Crippen LogP contribution in [0.25, 0.3) is 0 Å². The number of likely N-dealkylation sites (N-methyl/N-ethyl adjacent to an activating group) is 1. The van der Waals surface area contributed by atoms with Crippen LogP contribution < -0.4 is 10.7 Å². The molecule has 1 saturated heterocycles. The molecule has 0 saturated carbocycles. The normalized spacial score (nSPS) is 22.4. The number of hydrogen-bond acceptors (Lipinski definition) is 5. The van der Waals surface area contributed by atoms with Gasteiger partial charge in [0.05, 0.1) is 15.4 Å². The van der Waals surface area contributed by atoms with Crippen LogP contribution in [-0.2, 0) is 6.54 Å². The van der Waals surface area contributed by atoms with Crippen LogP contribution in [0.4, 0.5) is 0 Å². The largest absolute Gasteiger partial charge is 0.388 e. The van der Waals surface area contributed by atoms with Crippen molar-refractivity contribution in [1.29, 1.82) is 0 Å². The molecular weight excluding hydrogens is 447 g/mol. The average molecular weight is 482 g/mol. The predicted octanol–water partition coefficient (Wildman–Crippen LogP) is 5.67. The first-order valence-corrected chi connectivity index (χ1v) is 12.8. The maximum Gasteiger partial charge on any atom is 0.0925 e. The smallest absolute Gasteiger partial charge is 0.0925 e. The topological polar surface area (TPSA) is 30.5 Å². The second kappa shape index (κ2) is 12.2. The van der Waals surface area contributed by atoms with Gasteiger partial charge in [-0.05, 0) is 67.7 Å². The summed E-state index contributed by atoms with van der Waals surface area (Å²) in [5, 5.41) is 7.30. The molecule has 2 atom stereocenters. The molecule has 31 heavy (non-hydrogen) atoms. The van der Waals surface area contributed by atoms with Crippen LogP contribution in [0.1, 0.15) is 31.2 Å². The number of hydrazine groups is 1. The Bertz CT molecular complexity index is 798. The zero-order valence-corrected chi connectivity index (χ0v) is 20.7. The third kappa shape index (κ3) is 8.07. The van der Waals surface area contributed by atoms with Crippen molar-refractivity contribution in [2.24, 2.45) is 5.92 Å². The third-order valence-corrected chi connectivity index (χ3v) is 7.79. The molecule has 1 fully saturated rings. The first-order valence-electron chi connectivity index (χ1n) is 11.0. The van der Waals surface area contributed by atoms with Crippen molar-refractivity contribution in [2.45, 2.75) is 37.6 Å². The van der Waals surface area contributed by atoms with Crippen molar-refractivity contribution in [1.82, 2.24) is 20.7 Å². The van der Waals surface area contributed by atoms with Gasteiger partial charge in [-0.2, -0.15) is 0 Å². The highest BCUT2D eigenvalue weighted by molar-refractivity contribution is 8.00. The van der Waals surface area contributed by atoms with Crippen LogP contribution in [-0.4, -0.2) is 47.7 Å². The van der Waals surface area contributed by atoms with Crippen molar-refractivity contribution in [3.63, 3.8) is 0 Å². The van der Waals surface area contributed by atoms with E-state index in [1.165, 1.54) is 18.4 Å². The van der Waals surface area contributed by atoms with Crippen LogP contribution in [0, 0.1) is 5.92 Å². The summed E-state index contributed by atoms with van der Waals surface area (Å²) in [5.41, 5.74) is 6.56. The minimum atomic E-state index is 0.357. The van der Waals surface area contributed by atoms with Gasteiger partial charge in [0, 0.05) is 38.1 Å². The number of benzene rings is 1. The van der Waals surface area contributed by atoms with Crippen LogP contribution in [0.2, 0.25) is 10.0 Å². The van der Waals surface area contributed by atoms with Crippen molar-refractivity contribution < 1.29 is 0 Å². The summed E-state index contributed by atoms with van der Waals surface area (Å²) in [6, 6.07) is 5.95. The van der Waals surface area contributed by atoms with E-state index >= 15 is 0 Å². The van der Waals surface area contributed by atoms with E-state index in [0.29, 0.717) is 21.3 Å². The fourth-order valence-corrected chi connectivity index (χ4v) is 5.39. The Morgan fingerprint density at radius 2 is 2.16 bits per heavy atom. The lowest BCUT2D eigenvalue weighted by Crippen LogP contribution is -2.41. The van der Waals surface area contributed by atoms with Crippen molar-refractivity contribution in [3.05, 3.63) is 70.5 Å². The molecule has 2 unspecified atom stereocenters. The molecular formula is C24H34Cl2N4S.